The maximum Gasteiger partial charge on any atom is 0.245 e. The minimum Gasteiger partial charge on any atom is -0.443 e. The number of aromatic nitrogens is 2. The number of nitriles is 1. The molecule has 0 aliphatic heterocycles. The zero-order chi connectivity index (χ0) is 13.1. The molecule has 2 aromatic heterocycles. The van der Waals surface area contributed by atoms with Gasteiger partial charge in [0.05, 0.1) is 11.8 Å². The predicted octanol–water partition coefficient (Wildman–Crippen LogP) is 3.28. The molecule has 0 aliphatic carbocycles. The molecule has 1 aromatic carbocycles. The van der Waals surface area contributed by atoms with Gasteiger partial charge in [-0.25, -0.2) is 9.97 Å². The Morgan fingerprint density at radius 3 is 2.63 bits per heavy atom. The minimum absolute atomic E-state index is 0.446. The molecule has 90 valence electrons. The number of oxazole rings is 1. The molecule has 0 atom stereocenters. The fourth-order valence-corrected chi connectivity index (χ4v) is 1.87. The van der Waals surface area contributed by atoms with Crippen LogP contribution in [-0.2, 0) is 0 Å². The van der Waals surface area contributed by atoms with Crippen LogP contribution in [0.5, 0.6) is 0 Å². The quantitative estimate of drug-likeness (QED) is 0.697. The third kappa shape index (κ3) is 2.09. The summed E-state index contributed by atoms with van der Waals surface area (Å²) in [5.41, 5.74) is 2.94. The Labute approximate surface area is 110 Å². The third-order valence-electron chi connectivity index (χ3n) is 2.76. The van der Waals surface area contributed by atoms with Crippen molar-refractivity contribution < 1.29 is 4.42 Å². The number of hydrogen-bond acceptors (Lipinski definition) is 4. The molecule has 3 rings (SSSR count). The first kappa shape index (κ1) is 11.2. The molecule has 0 N–H and O–H groups in total. The summed E-state index contributed by atoms with van der Waals surface area (Å²) in [4.78, 5) is 8.26. The lowest BCUT2D eigenvalue weighted by Gasteiger charge is -2.05. The predicted molar refractivity (Wildman–Crippen MR) is 69.9 cm³/mol. The van der Waals surface area contributed by atoms with Gasteiger partial charge in [-0.05, 0) is 11.6 Å². The van der Waals surface area contributed by atoms with Crippen molar-refractivity contribution >= 4 is 0 Å². The van der Waals surface area contributed by atoms with Crippen molar-refractivity contribution in [3.8, 4) is 28.8 Å². The van der Waals surface area contributed by atoms with Crippen molar-refractivity contribution in [1.82, 2.24) is 9.97 Å². The molecule has 0 fully saturated rings. The summed E-state index contributed by atoms with van der Waals surface area (Å²) in [5, 5.41) is 9.17. The van der Waals surface area contributed by atoms with Gasteiger partial charge in [0.25, 0.3) is 0 Å². The normalized spacial score (nSPS) is 10.1. The van der Waals surface area contributed by atoms with E-state index in [0.29, 0.717) is 17.1 Å². The average Bonchev–Trinajstić information content (AvgIpc) is 3.02. The average molecular weight is 247 g/mol. The van der Waals surface area contributed by atoms with Gasteiger partial charge in [0.1, 0.15) is 18.0 Å². The zero-order valence-corrected chi connectivity index (χ0v) is 9.95. The summed E-state index contributed by atoms with van der Waals surface area (Å²) < 4.78 is 5.23. The Balaban J connectivity index is 2.17. The second-order valence-corrected chi connectivity index (χ2v) is 3.93. The third-order valence-corrected chi connectivity index (χ3v) is 2.76. The van der Waals surface area contributed by atoms with Gasteiger partial charge in [0.15, 0.2) is 0 Å². The first-order chi connectivity index (χ1) is 9.38. The molecular weight excluding hydrogens is 238 g/mol. The zero-order valence-electron chi connectivity index (χ0n) is 9.95. The first-order valence-corrected chi connectivity index (χ1v) is 5.74. The highest BCUT2D eigenvalue weighted by atomic mass is 16.3. The molecule has 0 saturated heterocycles. The van der Waals surface area contributed by atoms with E-state index in [1.54, 1.807) is 12.4 Å². The lowest BCUT2D eigenvalue weighted by atomic mass is 10.0. The van der Waals surface area contributed by atoms with Crippen LogP contribution in [0.3, 0.4) is 0 Å². The van der Waals surface area contributed by atoms with E-state index in [1.165, 1.54) is 6.26 Å². The summed E-state index contributed by atoms with van der Waals surface area (Å²) in [7, 11) is 0. The molecule has 0 spiro atoms. The Morgan fingerprint density at radius 2 is 1.95 bits per heavy atom. The molecule has 0 saturated carbocycles. The van der Waals surface area contributed by atoms with Gasteiger partial charge in [0, 0.05) is 11.8 Å². The smallest absolute Gasteiger partial charge is 0.245 e. The number of benzene rings is 1. The van der Waals surface area contributed by atoms with E-state index in [-0.39, 0.29) is 0 Å². The van der Waals surface area contributed by atoms with E-state index >= 15 is 0 Å². The number of nitrogens with zero attached hydrogens (tertiary/aromatic N) is 3. The maximum atomic E-state index is 9.17. The summed E-state index contributed by atoms with van der Waals surface area (Å²) in [5.74, 6) is 0.446. The van der Waals surface area contributed by atoms with E-state index < -0.39 is 0 Å². The maximum absolute atomic E-state index is 9.17. The van der Waals surface area contributed by atoms with Crippen LogP contribution in [0.1, 0.15) is 5.56 Å². The van der Waals surface area contributed by atoms with Crippen LogP contribution in [0.15, 0.2) is 59.5 Å². The van der Waals surface area contributed by atoms with Gasteiger partial charge in [-0.3, -0.25) is 0 Å². The summed E-state index contributed by atoms with van der Waals surface area (Å²) in [6.07, 6.45) is 4.61. The highest BCUT2D eigenvalue weighted by Crippen LogP contribution is 2.26. The van der Waals surface area contributed by atoms with Gasteiger partial charge in [0.2, 0.25) is 5.89 Å². The molecule has 19 heavy (non-hydrogen) atoms. The van der Waals surface area contributed by atoms with Crippen molar-refractivity contribution in [2.45, 2.75) is 0 Å². The van der Waals surface area contributed by atoms with Crippen LogP contribution in [-0.4, -0.2) is 9.97 Å². The molecule has 3 aromatic rings. The van der Waals surface area contributed by atoms with E-state index in [1.807, 2.05) is 36.4 Å². The Morgan fingerprint density at radius 1 is 1.11 bits per heavy atom. The van der Waals surface area contributed by atoms with Crippen LogP contribution >= 0.6 is 0 Å². The standard InChI is InChI=1S/C15H9N3O/c16-9-12-10-18-14(15-17-6-7-19-15)8-13(12)11-4-2-1-3-5-11/h1-8,10H. The second-order valence-electron chi connectivity index (χ2n) is 3.93. The highest BCUT2D eigenvalue weighted by molar-refractivity contribution is 5.73. The molecule has 0 unspecified atom stereocenters. The fraction of sp³-hybridized carbons (Fsp3) is 0. The topological polar surface area (TPSA) is 62.7 Å². The molecule has 0 aliphatic rings. The van der Waals surface area contributed by atoms with E-state index in [4.69, 9.17) is 4.42 Å². The van der Waals surface area contributed by atoms with Gasteiger partial charge in [-0.1, -0.05) is 30.3 Å². The fourth-order valence-electron chi connectivity index (χ4n) is 1.87. The van der Waals surface area contributed by atoms with Crippen molar-refractivity contribution in [2.24, 2.45) is 0 Å². The molecule has 0 bridgehead atoms. The van der Waals surface area contributed by atoms with E-state index in [2.05, 4.69) is 16.0 Å². The van der Waals surface area contributed by atoms with E-state index in [0.717, 1.165) is 11.1 Å². The van der Waals surface area contributed by atoms with Crippen molar-refractivity contribution in [3.05, 3.63) is 60.6 Å². The molecule has 0 amide bonds. The number of rotatable bonds is 2. The SMILES string of the molecule is N#Cc1cnc(-c2ncco2)cc1-c1ccccc1. The summed E-state index contributed by atoms with van der Waals surface area (Å²) in [6, 6.07) is 13.7. The van der Waals surface area contributed by atoms with Crippen molar-refractivity contribution in [2.75, 3.05) is 0 Å². The Kier molecular flexibility index (Phi) is 2.79. The molecular formula is C15H9N3O. The van der Waals surface area contributed by atoms with Crippen LogP contribution in [0.4, 0.5) is 0 Å². The second kappa shape index (κ2) is 4.75. The monoisotopic (exact) mass is 247 g/mol. The van der Waals surface area contributed by atoms with Crippen LogP contribution < -0.4 is 0 Å². The Bertz CT molecular complexity index is 728. The van der Waals surface area contributed by atoms with Crippen LogP contribution in [0.2, 0.25) is 0 Å². The van der Waals surface area contributed by atoms with E-state index in [9.17, 15) is 5.26 Å². The van der Waals surface area contributed by atoms with Gasteiger partial charge in [-0.2, -0.15) is 5.26 Å². The summed E-state index contributed by atoms with van der Waals surface area (Å²) >= 11 is 0. The summed E-state index contributed by atoms with van der Waals surface area (Å²) in [6.45, 7) is 0. The Hall–Kier alpha value is -2.93. The van der Waals surface area contributed by atoms with Gasteiger partial charge >= 0.3 is 0 Å². The minimum atomic E-state index is 0.446. The molecule has 4 heteroatoms. The first-order valence-electron chi connectivity index (χ1n) is 5.74. The molecule has 4 nitrogen and oxygen atoms in total. The molecule has 0 radical (unpaired) electrons. The van der Waals surface area contributed by atoms with Crippen LogP contribution in [0.25, 0.3) is 22.7 Å². The molecule has 2 heterocycles. The lowest BCUT2D eigenvalue weighted by molar-refractivity contribution is 0.572. The number of pyridine rings is 1. The van der Waals surface area contributed by atoms with Crippen molar-refractivity contribution in [3.63, 3.8) is 0 Å². The van der Waals surface area contributed by atoms with Crippen LogP contribution in [0, 0.1) is 11.3 Å². The van der Waals surface area contributed by atoms with Gasteiger partial charge in [-0.15, -0.1) is 0 Å². The van der Waals surface area contributed by atoms with Crippen molar-refractivity contribution in [1.29, 1.82) is 5.26 Å². The number of hydrogen-bond donors (Lipinski definition) is 0. The highest BCUT2D eigenvalue weighted by Gasteiger charge is 2.10. The lowest BCUT2D eigenvalue weighted by Crippen LogP contribution is -1.90. The largest absolute Gasteiger partial charge is 0.443 e. The van der Waals surface area contributed by atoms with Gasteiger partial charge < -0.3 is 4.42 Å².